The molecule has 1 aliphatic rings. The summed E-state index contributed by atoms with van der Waals surface area (Å²) in [4.78, 5) is 2.53. The minimum atomic E-state index is 0.145. The summed E-state index contributed by atoms with van der Waals surface area (Å²) < 4.78 is 5.66. The van der Waals surface area contributed by atoms with E-state index in [1.54, 1.807) is 0 Å². The van der Waals surface area contributed by atoms with Crippen molar-refractivity contribution < 1.29 is 4.74 Å². The second-order valence-electron chi connectivity index (χ2n) is 5.10. The summed E-state index contributed by atoms with van der Waals surface area (Å²) >= 11 is 0. The first-order valence-corrected chi connectivity index (χ1v) is 6.12. The molecule has 90 valence electrons. The second-order valence-corrected chi connectivity index (χ2v) is 5.10. The van der Waals surface area contributed by atoms with Crippen LogP contribution in [0.2, 0.25) is 0 Å². The van der Waals surface area contributed by atoms with Gasteiger partial charge in [-0.2, -0.15) is 0 Å². The Hall–Kier alpha value is -0.120. The molecule has 0 radical (unpaired) electrons. The molecule has 3 atom stereocenters. The highest BCUT2D eigenvalue weighted by atomic mass is 16.5. The van der Waals surface area contributed by atoms with E-state index in [4.69, 9.17) is 10.5 Å². The molecule has 3 nitrogen and oxygen atoms in total. The molecule has 3 unspecified atom stereocenters. The monoisotopic (exact) mass is 214 g/mol. The molecule has 0 saturated carbocycles. The molecule has 1 saturated heterocycles. The average Bonchev–Trinajstić information content (AvgIpc) is 2.22. The molecule has 1 fully saturated rings. The lowest BCUT2D eigenvalue weighted by molar-refractivity contribution is -0.0902. The third kappa shape index (κ3) is 2.92. The van der Waals surface area contributed by atoms with E-state index in [2.05, 4.69) is 32.6 Å². The molecule has 1 heterocycles. The molecule has 0 amide bonds. The van der Waals surface area contributed by atoms with Crippen molar-refractivity contribution in [1.29, 1.82) is 0 Å². The second kappa shape index (κ2) is 5.28. The molecule has 0 bridgehead atoms. The first kappa shape index (κ1) is 12.9. The molecule has 1 rings (SSSR count). The minimum Gasteiger partial charge on any atom is -0.376 e. The largest absolute Gasteiger partial charge is 0.376 e. The quantitative estimate of drug-likeness (QED) is 0.773. The summed E-state index contributed by atoms with van der Waals surface area (Å²) in [6, 6.07) is 0.487. The van der Waals surface area contributed by atoms with Gasteiger partial charge >= 0.3 is 0 Å². The lowest BCUT2D eigenvalue weighted by atomic mass is 9.91. The molecular formula is C12H26N2O. The van der Waals surface area contributed by atoms with Crippen LogP contribution in [-0.4, -0.2) is 42.3 Å². The van der Waals surface area contributed by atoms with E-state index in [0.29, 0.717) is 12.1 Å². The van der Waals surface area contributed by atoms with Crippen LogP contribution in [0.5, 0.6) is 0 Å². The SMILES string of the molecule is CCCC(C)(CN)N1CC(C)OCC1C. The van der Waals surface area contributed by atoms with Gasteiger partial charge in [-0.15, -0.1) is 0 Å². The number of ether oxygens (including phenoxy) is 1. The molecule has 3 heteroatoms. The summed E-state index contributed by atoms with van der Waals surface area (Å²) in [5.41, 5.74) is 6.09. The highest BCUT2D eigenvalue weighted by molar-refractivity contribution is 4.92. The maximum Gasteiger partial charge on any atom is 0.0675 e. The number of morpholine rings is 1. The standard InChI is InChI=1S/C12H26N2O/c1-5-6-12(4,9-13)14-7-11(3)15-8-10(14)2/h10-11H,5-9,13H2,1-4H3. The van der Waals surface area contributed by atoms with Crippen molar-refractivity contribution in [3.63, 3.8) is 0 Å². The van der Waals surface area contributed by atoms with Crippen LogP contribution < -0.4 is 5.73 Å². The van der Waals surface area contributed by atoms with Gasteiger partial charge in [0.2, 0.25) is 0 Å². The summed E-state index contributed by atoms with van der Waals surface area (Å²) in [6.45, 7) is 11.5. The Morgan fingerprint density at radius 3 is 2.67 bits per heavy atom. The predicted octanol–water partition coefficient (Wildman–Crippen LogP) is 1.61. The fraction of sp³-hybridized carbons (Fsp3) is 1.00. The fourth-order valence-electron chi connectivity index (χ4n) is 2.56. The van der Waals surface area contributed by atoms with Crippen molar-refractivity contribution in [3.8, 4) is 0 Å². The Morgan fingerprint density at radius 1 is 1.47 bits per heavy atom. The Bertz CT molecular complexity index is 198. The smallest absolute Gasteiger partial charge is 0.0675 e. The predicted molar refractivity (Wildman–Crippen MR) is 63.9 cm³/mol. The average molecular weight is 214 g/mol. The van der Waals surface area contributed by atoms with Gasteiger partial charge in [-0.3, -0.25) is 4.90 Å². The summed E-state index contributed by atoms with van der Waals surface area (Å²) in [5, 5.41) is 0. The van der Waals surface area contributed by atoms with E-state index in [1.807, 2.05) is 0 Å². The van der Waals surface area contributed by atoms with Gasteiger partial charge in [0.1, 0.15) is 0 Å². The van der Waals surface area contributed by atoms with Crippen molar-refractivity contribution in [1.82, 2.24) is 4.90 Å². The molecule has 0 spiro atoms. The molecule has 1 aliphatic heterocycles. The normalized spacial score (nSPS) is 32.6. The van der Waals surface area contributed by atoms with Gasteiger partial charge in [-0.25, -0.2) is 0 Å². The van der Waals surface area contributed by atoms with Gasteiger partial charge in [-0.05, 0) is 27.2 Å². The van der Waals surface area contributed by atoms with E-state index in [0.717, 1.165) is 19.7 Å². The van der Waals surface area contributed by atoms with Gasteiger partial charge in [0.15, 0.2) is 0 Å². The summed E-state index contributed by atoms with van der Waals surface area (Å²) in [5.74, 6) is 0. The van der Waals surface area contributed by atoms with Crippen molar-refractivity contribution in [2.24, 2.45) is 5.73 Å². The highest BCUT2D eigenvalue weighted by Gasteiger charge is 2.36. The van der Waals surface area contributed by atoms with Crippen molar-refractivity contribution in [2.75, 3.05) is 19.7 Å². The molecule has 2 N–H and O–H groups in total. The summed E-state index contributed by atoms with van der Waals surface area (Å²) in [6.07, 6.45) is 2.69. The first-order valence-electron chi connectivity index (χ1n) is 6.12. The number of rotatable bonds is 4. The third-order valence-electron chi connectivity index (χ3n) is 3.53. The van der Waals surface area contributed by atoms with Crippen molar-refractivity contribution >= 4 is 0 Å². The highest BCUT2D eigenvalue weighted by Crippen LogP contribution is 2.26. The molecule has 0 aromatic heterocycles. The molecule has 15 heavy (non-hydrogen) atoms. The lowest BCUT2D eigenvalue weighted by Gasteiger charge is -2.48. The number of hydrogen-bond acceptors (Lipinski definition) is 3. The Balaban J connectivity index is 2.72. The number of nitrogens with zero attached hydrogens (tertiary/aromatic N) is 1. The van der Waals surface area contributed by atoms with Crippen molar-refractivity contribution in [3.05, 3.63) is 0 Å². The topological polar surface area (TPSA) is 38.5 Å². The van der Waals surface area contributed by atoms with Gasteiger partial charge in [0.05, 0.1) is 12.7 Å². The zero-order valence-electron chi connectivity index (χ0n) is 10.6. The van der Waals surface area contributed by atoms with E-state index < -0.39 is 0 Å². The molecule has 0 aliphatic carbocycles. The zero-order valence-corrected chi connectivity index (χ0v) is 10.6. The Morgan fingerprint density at radius 2 is 2.13 bits per heavy atom. The van der Waals surface area contributed by atoms with E-state index in [-0.39, 0.29) is 5.54 Å². The minimum absolute atomic E-state index is 0.145. The van der Waals surface area contributed by atoms with Gasteiger partial charge in [-0.1, -0.05) is 13.3 Å². The maximum atomic E-state index is 5.95. The van der Waals surface area contributed by atoms with Crippen molar-refractivity contribution in [2.45, 2.75) is 58.2 Å². The van der Waals surface area contributed by atoms with E-state index in [9.17, 15) is 0 Å². The molecule has 0 aromatic carbocycles. The summed E-state index contributed by atoms with van der Waals surface area (Å²) in [7, 11) is 0. The van der Waals surface area contributed by atoms with Crippen LogP contribution in [0.25, 0.3) is 0 Å². The van der Waals surface area contributed by atoms with Crippen LogP contribution in [0.1, 0.15) is 40.5 Å². The van der Waals surface area contributed by atoms with Crippen LogP contribution in [0.4, 0.5) is 0 Å². The maximum absolute atomic E-state index is 5.95. The Labute approximate surface area is 94.0 Å². The van der Waals surface area contributed by atoms with Crippen LogP contribution in [0.15, 0.2) is 0 Å². The first-order chi connectivity index (χ1) is 7.03. The van der Waals surface area contributed by atoms with Crippen LogP contribution in [0.3, 0.4) is 0 Å². The van der Waals surface area contributed by atoms with Gasteiger partial charge in [0, 0.05) is 24.7 Å². The molecule has 0 aromatic rings. The van der Waals surface area contributed by atoms with E-state index in [1.165, 1.54) is 12.8 Å². The van der Waals surface area contributed by atoms with Crippen LogP contribution in [0, 0.1) is 0 Å². The lowest BCUT2D eigenvalue weighted by Crippen LogP contribution is -2.60. The zero-order chi connectivity index (χ0) is 11.5. The molecular weight excluding hydrogens is 188 g/mol. The Kier molecular flexibility index (Phi) is 4.56. The third-order valence-corrected chi connectivity index (χ3v) is 3.53. The fourth-order valence-corrected chi connectivity index (χ4v) is 2.56. The van der Waals surface area contributed by atoms with E-state index >= 15 is 0 Å². The van der Waals surface area contributed by atoms with Gasteiger partial charge < -0.3 is 10.5 Å². The van der Waals surface area contributed by atoms with Gasteiger partial charge in [0.25, 0.3) is 0 Å². The number of hydrogen-bond donors (Lipinski definition) is 1. The number of nitrogens with two attached hydrogens (primary N) is 1. The van der Waals surface area contributed by atoms with Crippen LogP contribution in [-0.2, 0) is 4.74 Å². The van der Waals surface area contributed by atoms with Crippen LogP contribution >= 0.6 is 0 Å².